The average molecular weight is 526 g/mol. The predicted molar refractivity (Wildman–Crippen MR) is 116 cm³/mol. The fourth-order valence-corrected chi connectivity index (χ4v) is 5.70. The molecule has 2 aromatic heterocycles. The molecule has 0 saturated carbocycles. The molecule has 3 aromatic carbocycles. The van der Waals surface area contributed by atoms with Gasteiger partial charge in [0.25, 0.3) is 0 Å². The maximum absolute atomic E-state index is 15.7. The standard InChI is InChI=1S/C22F6N6S2/c23-11-8-7-9(14(26)17-20(15(7)27)36-22(33-17)6(3-31)4-32)12(24)13(25)10(8)19-18(16(11)28)34-21(35-19)5(1-29)2-30. The van der Waals surface area contributed by atoms with Crippen molar-refractivity contribution in [2.24, 2.45) is 0 Å². The minimum atomic E-state index is -1.94. The first kappa shape index (κ1) is 23.0. The number of fused-ring (bicyclic) bond motifs is 6. The zero-order chi connectivity index (χ0) is 26.0. The van der Waals surface area contributed by atoms with E-state index in [9.17, 15) is 4.39 Å². The number of hydrogen-bond acceptors (Lipinski definition) is 8. The van der Waals surface area contributed by atoms with E-state index < -0.39 is 97.4 Å². The Bertz CT molecular complexity index is 2140. The molecule has 0 saturated heterocycles. The second kappa shape index (κ2) is 7.89. The van der Waals surface area contributed by atoms with Crippen LogP contribution in [0.1, 0.15) is 0 Å². The molecule has 0 fully saturated rings. The van der Waals surface area contributed by atoms with E-state index in [0.717, 1.165) is 0 Å². The van der Waals surface area contributed by atoms with Crippen molar-refractivity contribution >= 4 is 75.8 Å². The molecular formula is C22F6N6S2. The van der Waals surface area contributed by atoms with Crippen LogP contribution in [-0.4, -0.2) is 9.97 Å². The van der Waals surface area contributed by atoms with Gasteiger partial charge in [0, 0.05) is 16.2 Å². The summed E-state index contributed by atoms with van der Waals surface area (Å²) in [5.41, 5.74) is -2.92. The van der Waals surface area contributed by atoms with Crippen molar-refractivity contribution in [3.63, 3.8) is 0 Å². The van der Waals surface area contributed by atoms with Crippen LogP contribution in [0.3, 0.4) is 0 Å². The lowest BCUT2D eigenvalue weighted by Crippen LogP contribution is -2.03. The van der Waals surface area contributed by atoms with E-state index in [1.54, 1.807) is 0 Å². The van der Waals surface area contributed by atoms with E-state index in [4.69, 9.17) is 21.0 Å². The third-order valence-electron chi connectivity index (χ3n) is 5.20. The zero-order valence-corrected chi connectivity index (χ0v) is 18.4. The van der Waals surface area contributed by atoms with E-state index in [-0.39, 0.29) is 0 Å². The summed E-state index contributed by atoms with van der Waals surface area (Å²) in [7, 11) is 0. The summed E-state index contributed by atoms with van der Waals surface area (Å²) in [6.45, 7) is 0. The van der Waals surface area contributed by atoms with Gasteiger partial charge < -0.3 is 0 Å². The number of benzene rings is 3. The Hall–Kier alpha value is -4.76. The fraction of sp³-hybridized carbons (Fsp3) is 0. The van der Waals surface area contributed by atoms with Gasteiger partial charge in [-0.3, -0.25) is 0 Å². The molecule has 0 unspecified atom stereocenters. The molecule has 0 spiro atoms. The molecule has 172 valence electrons. The number of thiazole rings is 2. The Labute approximate surface area is 201 Å². The topological polar surface area (TPSA) is 121 Å². The normalized spacial score (nSPS) is 10.9. The molecule has 2 heterocycles. The van der Waals surface area contributed by atoms with E-state index in [0.29, 0.717) is 22.7 Å². The molecule has 0 bridgehead atoms. The average Bonchev–Trinajstić information content (AvgIpc) is 3.50. The summed E-state index contributed by atoms with van der Waals surface area (Å²) in [4.78, 5) is 7.28. The van der Waals surface area contributed by atoms with Crippen LogP contribution in [0.2, 0.25) is 0 Å². The van der Waals surface area contributed by atoms with Crippen LogP contribution in [0.25, 0.3) is 53.1 Å². The van der Waals surface area contributed by atoms with Crippen molar-refractivity contribution in [3.8, 4) is 24.3 Å². The van der Waals surface area contributed by atoms with Crippen LogP contribution in [0.15, 0.2) is 0 Å². The van der Waals surface area contributed by atoms with Crippen LogP contribution in [0.5, 0.6) is 0 Å². The number of rotatable bonds is 0. The largest absolute Gasteiger partial charge is 0.231 e. The first-order chi connectivity index (χ1) is 17.2. The number of nitrogens with zero attached hydrogens (tertiary/aromatic N) is 6. The van der Waals surface area contributed by atoms with Gasteiger partial charge in [-0.2, -0.15) is 21.0 Å². The molecule has 5 rings (SSSR count). The van der Waals surface area contributed by atoms with Gasteiger partial charge in [-0.15, -0.1) is 22.7 Å². The van der Waals surface area contributed by atoms with Gasteiger partial charge >= 0.3 is 0 Å². The van der Waals surface area contributed by atoms with E-state index >= 15 is 22.0 Å². The number of halogens is 6. The monoisotopic (exact) mass is 526 g/mol. The molecule has 0 N–H and O–H groups in total. The van der Waals surface area contributed by atoms with Gasteiger partial charge in [0.2, 0.25) is 0 Å². The second-order valence-electron chi connectivity index (χ2n) is 6.97. The maximum Gasteiger partial charge on any atom is 0.186 e. The van der Waals surface area contributed by atoms with E-state index in [2.05, 4.69) is 9.97 Å². The molecule has 0 aliphatic heterocycles. The van der Waals surface area contributed by atoms with Gasteiger partial charge in [0.05, 0.1) is 14.8 Å². The van der Waals surface area contributed by atoms with Gasteiger partial charge in [0.15, 0.2) is 46.0 Å². The van der Waals surface area contributed by atoms with E-state index in [1.165, 1.54) is 24.3 Å². The lowest BCUT2D eigenvalue weighted by molar-refractivity contribution is 0.513. The highest BCUT2D eigenvalue weighted by molar-refractivity contribution is 7.18. The van der Waals surface area contributed by atoms with Crippen molar-refractivity contribution in [2.75, 3.05) is 0 Å². The van der Waals surface area contributed by atoms with Gasteiger partial charge in [0.1, 0.15) is 44.6 Å². The summed E-state index contributed by atoms with van der Waals surface area (Å²) in [5, 5.41) is 31.5. The number of aromatic nitrogens is 2. The predicted octanol–water partition coefficient (Wildman–Crippen LogP) is 4.44. The van der Waals surface area contributed by atoms with E-state index in [1.807, 2.05) is 0 Å². The smallest absolute Gasteiger partial charge is 0.186 e. The van der Waals surface area contributed by atoms with Crippen molar-refractivity contribution in [2.45, 2.75) is 0 Å². The zero-order valence-electron chi connectivity index (χ0n) is 16.8. The number of hydrogen-bond donors (Lipinski definition) is 0. The Balaban J connectivity index is 2.17. The summed E-state index contributed by atoms with van der Waals surface area (Å²) in [6, 6.07) is 5.92. The molecule has 36 heavy (non-hydrogen) atoms. The van der Waals surface area contributed by atoms with Gasteiger partial charge in [-0.05, 0) is 0 Å². The van der Waals surface area contributed by atoms with Crippen molar-refractivity contribution in [3.05, 3.63) is 44.2 Å². The minimum Gasteiger partial charge on any atom is -0.231 e. The first-order valence-corrected chi connectivity index (χ1v) is 10.9. The van der Waals surface area contributed by atoms with Crippen LogP contribution < -0.4 is 9.33 Å². The molecule has 0 aliphatic rings. The molecule has 0 aliphatic carbocycles. The van der Waals surface area contributed by atoms with Crippen LogP contribution in [0, 0.1) is 80.2 Å². The Kier molecular flexibility index (Phi) is 5.04. The lowest BCUT2D eigenvalue weighted by atomic mass is 9.98. The molecule has 0 radical (unpaired) electrons. The minimum absolute atomic E-state index is 0.331. The van der Waals surface area contributed by atoms with Crippen molar-refractivity contribution in [1.82, 2.24) is 9.97 Å². The molecule has 5 aromatic rings. The second-order valence-corrected chi connectivity index (χ2v) is 8.97. The van der Waals surface area contributed by atoms with Crippen LogP contribution in [0.4, 0.5) is 26.3 Å². The molecule has 6 nitrogen and oxygen atoms in total. The third kappa shape index (κ3) is 2.80. The molecule has 14 heteroatoms. The van der Waals surface area contributed by atoms with Crippen LogP contribution in [-0.2, 0) is 0 Å². The summed E-state index contributed by atoms with van der Waals surface area (Å²) >= 11 is 0.689. The van der Waals surface area contributed by atoms with Crippen molar-refractivity contribution < 1.29 is 26.3 Å². The fourth-order valence-electron chi connectivity index (χ4n) is 3.70. The third-order valence-corrected chi connectivity index (χ3v) is 7.36. The Morgan fingerprint density at radius 2 is 0.917 bits per heavy atom. The molecule has 0 amide bonds. The van der Waals surface area contributed by atoms with Crippen LogP contribution >= 0.6 is 22.7 Å². The van der Waals surface area contributed by atoms with Gasteiger partial charge in [-0.25, -0.2) is 36.3 Å². The highest BCUT2D eigenvalue weighted by atomic mass is 32.1. The first-order valence-electron chi connectivity index (χ1n) is 9.24. The SMILES string of the molecule is N#CC(C#N)=c1nc2c(F)c3c(F)c(F)c4c5sc(=C(C#N)C#N)nc5c(F)c(F)c4c3c(F)c2s1. The summed E-state index contributed by atoms with van der Waals surface area (Å²) < 4.78 is 89.7. The maximum atomic E-state index is 15.7. The molecule has 0 atom stereocenters. The summed E-state index contributed by atoms with van der Waals surface area (Å²) in [5.74, 6) is -10.5. The highest BCUT2D eigenvalue weighted by Crippen LogP contribution is 2.43. The lowest BCUT2D eigenvalue weighted by Gasteiger charge is -2.12. The Morgan fingerprint density at radius 3 is 1.44 bits per heavy atom. The number of nitriles is 4. The Morgan fingerprint density at radius 1 is 0.500 bits per heavy atom. The molecular weight excluding hydrogens is 526 g/mol. The van der Waals surface area contributed by atoms with Crippen molar-refractivity contribution in [1.29, 1.82) is 21.0 Å². The van der Waals surface area contributed by atoms with Gasteiger partial charge in [-0.1, -0.05) is 0 Å². The summed E-state index contributed by atoms with van der Waals surface area (Å²) in [6.07, 6.45) is 0. The quantitative estimate of drug-likeness (QED) is 0.217. The highest BCUT2D eigenvalue weighted by Gasteiger charge is 2.31.